The van der Waals surface area contributed by atoms with Gasteiger partial charge in [-0.2, -0.15) is 5.10 Å². The number of aromatic nitrogens is 2. The first-order chi connectivity index (χ1) is 13.2. The van der Waals surface area contributed by atoms with Crippen molar-refractivity contribution in [2.24, 2.45) is 0 Å². The lowest BCUT2D eigenvalue weighted by Crippen LogP contribution is -2.39. The highest BCUT2D eigenvalue weighted by Gasteiger charge is 2.40. The van der Waals surface area contributed by atoms with Crippen LogP contribution in [0.2, 0.25) is 0 Å². The van der Waals surface area contributed by atoms with Gasteiger partial charge in [0.1, 0.15) is 5.69 Å². The highest BCUT2D eigenvalue weighted by atomic mass is 16.2. The van der Waals surface area contributed by atoms with Crippen LogP contribution >= 0.6 is 0 Å². The lowest BCUT2D eigenvalue weighted by Gasteiger charge is -2.36. The maximum absolute atomic E-state index is 13.4. The number of hydrogen-bond donors (Lipinski definition) is 0. The predicted molar refractivity (Wildman–Crippen MR) is 105 cm³/mol. The number of carbonyl (C=O) groups is 1. The van der Waals surface area contributed by atoms with E-state index in [1.54, 1.807) is 6.07 Å². The Balaban J connectivity index is 1.66. The Morgan fingerprint density at radius 1 is 1.19 bits per heavy atom. The van der Waals surface area contributed by atoms with Crippen molar-refractivity contribution >= 4 is 5.91 Å². The van der Waals surface area contributed by atoms with E-state index in [1.165, 1.54) is 21.9 Å². The number of amides is 1. The molecule has 1 aromatic carbocycles. The summed E-state index contributed by atoms with van der Waals surface area (Å²) < 4.78 is 1.44. The normalized spacial score (nSPS) is 18.8. The number of carbonyl (C=O) groups excluding carboxylic acids is 1. The standard InChI is InChI=1S/C22H27N3O2/c1-2-3-15-24-21(26)14-13-19(23-24)22(27)25(17-11-12-17)20-10-6-8-16-7-4-5-9-18(16)20/h4-5,7,9,13-14,17,20H,2-3,6,8,10-12,15H2,1H3. The van der Waals surface area contributed by atoms with Gasteiger partial charge in [0.15, 0.2) is 0 Å². The predicted octanol–water partition coefficient (Wildman–Crippen LogP) is 3.73. The van der Waals surface area contributed by atoms with E-state index in [0.717, 1.165) is 44.9 Å². The molecule has 0 radical (unpaired) electrons. The molecular formula is C22H27N3O2. The Hall–Kier alpha value is -2.43. The molecule has 5 heteroatoms. The van der Waals surface area contributed by atoms with E-state index in [1.807, 2.05) is 0 Å². The largest absolute Gasteiger partial charge is 0.327 e. The average molecular weight is 365 g/mol. The number of nitrogens with zero attached hydrogens (tertiary/aromatic N) is 3. The number of fused-ring (bicyclic) bond motifs is 1. The smallest absolute Gasteiger partial charge is 0.275 e. The number of hydrogen-bond acceptors (Lipinski definition) is 3. The second-order valence-corrected chi connectivity index (χ2v) is 7.68. The topological polar surface area (TPSA) is 55.2 Å². The van der Waals surface area contributed by atoms with Crippen LogP contribution in [0.4, 0.5) is 0 Å². The highest BCUT2D eigenvalue weighted by molar-refractivity contribution is 5.93. The minimum atomic E-state index is -0.138. The van der Waals surface area contributed by atoms with Crippen molar-refractivity contribution in [2.75, 3.05) is 0 Å². The Morgan fingerprint density at radius 3 is 2.78 bits per heavy atom. The first-order valence-corrected chi connectivity index (χ1v) is 10.2. The zero-order chi connectivity index (χ0) is 18.8. The molecule has 0 spiro atoms. The number of unbranched alkanes of at least 4 members (excludes halogenated alkanes) is 1. The summed E-state index contributed by atoms with van der Waals surface area (Å²) in [5, 5.41) is 4.40. The monoisotopic (exact) mass is 365 g/mol. The zero-order valence-corrected chi connectivity index (χ0v) is 15.9. The molecule has 27 heavy (non-hydrogen) atoms. The van der Waals surface area contributed by atoms with Gasteiger partial charge < -0.3 is 4.90 Å². The van der Waals surface area contributed by atoms with Crippen LogP contribution in [-0.4, -0.2) is 26.6 Å². The molecule has 1 unspecified atom stereocenters. The number of aryl methyl sites for hydroxylation is 2. The quantitative estimate of drug-likeness (QED) is 0.784. The molecule has 4 rings (SSSR count). The zero-order valence-electron chi connectivity index (χ0n) is 15.9. The fourth-order valence-electron chi connectivity index (χ4n) is 4.10. The van der Waals surface area contributed by atoms with Gasteiger partial charge >= 0.3 is 0 Å². The van der Waals surface area contributed by atoms with Crippen molar-refractivity contribution in [1.29, 1.82) is 0 Å². The van der Waals surface area contributed by atoms with Crippen LogP contribution in [0.25, 0.3) is 0 Å². The fourth-order valence-corrected chi connectivity index (χ4v) is 4.10. The van der Waals surface area contributed by atoms with Gasteiger partial charge in [0, 0.05) is 18.7 Å². The molecule has 1 heterocycles. The van der Waals surface area contributed by atoms with Crippen LogP contribution in [-0.2, 0) is 13.0 Å². The molecule has 142 valence electrons. The summed E-state index contributed by atoms with van der Waals surface area (Å²) >= 11 is 0. The average Bonchev–Trinajstić information content (AvgIpc) is 3.53. The Kier molecular flexibility index (Phi) is 5.10. The van der Waals surface area contributed by atoms with Crippen molar-refractivity contribution in [1.82, 2.24) is 14.7 Å². The van der Waals surface area contributed by atoms with E-state index in [9.17, 15) is 9.59 Å². The molecular weight excluding hydrogens is 338 g/mol. The maximum Gasteiger partial charge on any atom is 0.275 e. The minimum Gasteiger partial charge on any atom is -0.327 e. The molecule has 1 atom stereocenters. The molecule has 0 bridgehead atoms. The first-order valence-electron chi connectivity index (χ1n) is 10.2. The molecule has 0 aliphatic heterocycles. The summed E-state index contributed by atoms with van der Waals surface area (Å²) in [6.07, 6.45) is 7.15. The summed E-state index contributed by atoms with van der Waals surface area (Å²) in [5.41, 5.74) is 2.89. The van der Waals surface area contributed by atoms with Crippen molar-refractivity contribution < 1.29 is 4.79 Å². The molecule has 0 N–H and O–H groups in total. The molecule has 2 aliphatic carbocycles. The second-order valence-electron chi connectivity index (χ2n) is 7.68. The lowest BCUT2D eigenvalue weighted by atomic mass is 9.86. The third kappa shape index (κ3) is 3.68. The van der Waals surface area contributed by atoms with Crippen LogP contribution in [0.15, 0.2) is 41.2 Å². The Labute approximate surface area is 160 Å². The highest BCUT2D eigenvalue weighted by Crippen LogP contribution is 2.41. The van der Waals surface area contributed by atoms with Gasteiger partial charge in [-0.05, 0) is 55.7 Å². The van der Waals surface area contributed by atoms with Crippen molar-refractivity contribution in [3.8, 4) is 0 Å². The van der Waals surface area contributed by atoms with Gasteiger partial charge in [0.25, 0.3) is 11.5 Å². The van der Waals surface area contributed by atoms with E-state index in [4.69, 9.17) is 0 Å². The summed E-state index contributed by atoms with van der Waals surface area (Å²) in [6, 6.07) is 12.0. The van der Waals surface area contributed by atoms with Gasteiger partial charge in [-0.3, -0.25) is 9.59 Å². The molecule has 0 saturated heterocycles. The molecule has 2 aliphatic rings. The summed E-state index contributed by atoms with van der Waals surface area (Å²) in [5.74, 6) is -0.0375. The summed E-state index contributed by atoms with van der Waals surface area (Å²) in [7, 11) is 0. The van der Waals surface area contributed by atoms with E-state index in [-0.39, 0.29) is 17.5 Å². The minimum absolute atomic E-state index is 0.0375. The molecule has 1 amide bonds. The SMILES string of the molecule is CCCCn1nc(C(=O)N(C2CC2)C2CCCc3ccccc32)ccc1=O. The van der Waals surface area contributed by atoms with Crippen molar-refractivity contribution in [3.05, 3.63) is 63.6 Å². The van der Waals surface area contributed by atoms with Crippen molar-refractivity contribution in [2.45, 2.75) is 70.5 Å². The molecule has 1 fully saturated rings. The fraction of sp³-hybridized carbons (Fsp3) is 0.500. The summed E-state index contributed by atoms with van der Waals surface area (Å²) in [6.45, 7) is 2.64. The first kappa shape index (κ1) is 18.0. The molecule has 2 aromatic rings. The summed E-state index contributed by atoms with van der Waals surface area (Å²) in [4.78, 5) is 27.5. The number of benzene rings is 1. The van der Waals surface area contributed by atoms with E-state index >= 15 is 0 Å². The third-order valence-corrected chi connectivity index (χ3v) is 5.66. The van der Waals surface area contributed by atoms with Crippen LogP contribution < -0.4 is 5.56 Å². The molecule has 1 aromatic heterocycles. The van der Waals surface area contributed by atoms with Crippen LogP contribution in [0.5, 0.6) is 0 Å². The van der Waals surface area contributed by atoms with Crippen LogP contribution in [0, 0.1) is 0 Å². The Morgan fingerprint density at radius 2 is 2.00 bits per heavy atom. The lowest BCUT2D eigenvalue weighted by molar-refractivity contribution is 0.0628. The van der Waals surface area contributed by atoms with E-state index in [0.29, 0.717) is 18.3 Å². The Bertz CT molecular complexity index is 885. The van der Waals surface area contributed by atoms with Gasteiger partial charge in [-0.1, -0.05) is 37.6 Å². The number of rotatable bonds is 6. The third-order valence-electron chi connectivity index (χ3n) is 5.66. The van der Waals surface area contributed by atoms with E-state index in [2.05, 4.69) is 41.2 Å². The second kappa shape index (κ2) is 7.67. The molecule has 1 saturated carbocycles. The van der Waals surface area contributed by atoms with Crippen molar-refractivity contribution in [3.63, 3.8) is 0 Å². The van der Waals surface area contributed by atoms with Gasteiger partial charge in [-0.25, -0.2) is 4.68 Å². The molecule has 5 nitrogen and oxygen atoms in total. The van der Waals surface area contributed by atoms with Crippen LogP contribution in [0.1, 0.15) is 73.1 Å². The van der Waals surface area contributed by atoms with Gasteiger partial charge in [0.05, 0.1) is 6.04 Å². The van der Waals surface area contributed by atoms with E-state index < -0.39 is 0 Å². The van der Waals surface area contributed by atoms with Gasteiger partial charge in [-0.15, -0.1) is 0 Å². The van der Waals surface area contributed by atoms with Gasteiger partial charge in [0.2, 0.25) is 0 Å². The van der Waals surface area contributed by atoms with Crippen LogP contribution in [0.3, 0.4) is 0 Å². The maximum atomic E-state index is 13.4.